The van der Waals surface area contributed by atoms with Gasteiger partial charge >= 0.3 is 0 Å². The molecule has 1 saturated heterocycles. The van der Waals surface area contributed by atoms with Gasteiger partial charge in [-0.05, 0) is 62.0 Å². The lowest BCUT2D eigenvalue weighted by Gasteiger charge is -2.33. The maximum atomic E-state index is 10.5. The smallest absolute Gasteiger partial charge is 0.0916 e. The topological polar surface area (TPSA) is 53.3 Å². The van der Waals surface area contributed by atoms with Gasteiger partial charge in [0.2, 0.25) is 0 Å². The number of likely N-dealkylation sites (tertiary alicyclic amines) is 1. The molecule has 2 aromatic carbocycles. The Kier molecular flexibility index (Phi) is 7.74. The molecule has 0 radical (unpaired) electrons. The van der Waals surface area contributed by atoms with E-state index in [0.29, 0.717) is 11.8 Å². The van der Waals surface area contributed by atoms with E-state index in [-0.39, 0.29) is 0 Å². The van der Waals surface area contributed by atoms with Crippen LogP contribution in [0, 0.1) is 5.92 Å². The van der Waals surface area contributed by atoms with Gasteiger partial charge in [-0.3, -0.25) is 0 Å². The molecule has 0 bridgehead atoms. The Morgan fingerprint density at radius 2 is 1.66 bits per heavy atom. The molecule has 0 aliphatic carbocycles. The highest BCUT2D eigenvalue weighted by Gasteiger charge is 2.22. The van der Waals surface area contributed by atoms with Crippen LogP contribution in [-0.2, 0) is 6.54 Å². The number of benzene rings is 2. The maximum absolute atomic E-state index is 10.5. The minimum atomic E-state index is -0.401. The number of rotatable bonds is 9. The van der Waals surface area contributed by atoms with Crippen LogP contribution >= 0.6 is 0 Å². The Hall–Kier alpha value is -2.47. The number of β-amino-alcohol motifs (C(OH)–C–C–N with tert-alkyl or cyclic N) is 1. The molecule has 32 heavy (non-hydrogen) atoms. The van der Waals surface area contributed by atoms with Gasteiger partial charge in [0.25, 0.3) is 0 Å². The summed E-state index contributed by atoms with van der Waals surface area (Å²) >= 11 is 0. The standard InChI is InChI=1S/C27H36N4O/c1-21(2)27-24(19-31(29-27)25-11-7-4-8-12-25)18-28-17-22-13-15-30(16-14-22)20-26(32)23-9-5-3-6-10-23/h3-12,19,21-22,26,28,32H,13-18,20H2,1-2H3. The van der Waals surface area contributed by atoms with Gasteiger partial charge in [0.15, 0.2) is 0 Å². The van der Waals surface area contributed by atoms with Crippen molar-refractivity contribution in [2.45, 2.75) is 45.3 Å². The number of piperidine rings is 1. The van der Waals surface area contributed by atoms with E-state index in [1.807, 2.05) is 41.1 Å². The van der Waals surface area contributed by atoms with E-state index in [0.717, 1.165) is 44.0 Å². The van der Waals surface area contributed by atoms with Gasteiger partial charge < -0.3 is 15.3 Å². The highest BCUT2D eigenvalue weighted by atomic mass is 16.3. The number of aromatic nitrogens is 2. The summed E-state index contributed by atoms with van der Waals surface area (Å²) in [7, 11) is 0. The van der Waals surface area contributed by atoms with Crippen LogP contribution in [0.4, 0.5) is 0 Å². The second-order valence-electron chi connectivity index (χ2n) is 9.28. The van der Waals surface area contributed by atoms with E-state index in [1.54, 1.807) is 0 Å². The largest absolute Gasteiger partial charge is 0.387 e. The number of nitrogens with one attached hydrogen (secondary N) is 1. The summed E-state index contributed by atoms with van der Waals surface area (Å²) in [5.74, 6) is 1.09. The average Bonchev–Trinajstić information content (AvgIpc) is 3.26. The molecule has 1 aliphatic rings. The quantitative estimate of drug-likeness (QED) is 0.522. The molecule has 5 nitrogen and oxygen atoms in total. The lowest BCUT2D eigenvalue weighted by atomic mass is 9.96. The summed E-state index contributed by atoms with van der Waals surface area (Å²) in [6, 6.07) is 20.3. The minimum Gasteiger partial charge on any atom is -0.387 e. The van der Waals surface area contributed by atoms with E-state index in [1.165, 1.54) is 24.1 Å². The zero-order chi connectivity index (χ0) is 22.3. The lowest BCUT2D eigenvalue weighted by Crippen LogP contribution is -2.39. The van der Waals surface area contributed by atoms with Crippen LogP contribution in [0.25, 0.3) is 5.69 Å². The Bertz CT molecular complexity index is 946. The van der Waals surface area contributed by atoms with Crippen molar-refractivity contribution in [2.75, 3.05) is 26.2 Å². The highest BCUT2D eigenvalue weighted by molar-refractivity contribution is 5.33. The molecule has 1 unspecified atom stereocenters. The third-order valence-corrected chi connectivity index (χ3v) is 6.46. The summed E-state index contributed by atoms with van der Waals surface area (Å²) < 4.78 is 2.00. The molecule has 2 heterocycles. The number of hydrogen-bond acceptors (Lipinski definition) is 4. The Balaban J connectivity index is 1.25. The third kappa shape index (κ3) is 5.85. The fourth-order valence-electron chi connectivity index (χ4n) is 4.57. The van der Waals surface area contributed by atoms with Crippen LogP contribution in [-0.4, -0.2) is 46.0 Å². The number of para-hydroxylation sites is 1. The Morgan fingerprint density at radius 1 is 1.00 bits per heavy atom. The number of hydrogen-bond donors (Lipinski definition) is 2. The zero-order valence-corrected chi connectivity index (χ0v) is 19.3. The normalized spacial score (nSPS) is 16.5. The van der Waals surface area contributed by atoms with E-state index in [4.69, 9.17) is 5.10 Å². The average molecular weight is 433 g/mol. The Morgan fingerprint density at radius 3 is 2.31 bits per heavy atom. The second-order valence-corrected chi connectivity index (χ2v) is 9.28. The molecular weight excluding hydrogens is 396 g/mol. The van der Waals surface area contributed by atoms with Gasteiger partial charge in [-0.15, -0.1) is 0 Å². The van der Waals surface area contributed by atoms with Crippen molar-refractivity contribution in [3.63, 3.8) is 0 Å². The van der Waals surface area contributed by atoms with Crippen molar-refractivity contribution < 1.29 is 5.11 Å². The SMILES string of the molecule is CC(C)c1nn(-c2ccccc2)cc1CNCC1CCN(CC(O)c2ccccc2)CC1. The Labute approximate surface area is 192 Å². The lowest BCUT2D eigenvalue weighted by molar-refractivity contribution is 0.0891. The van der Waals surface area contributed by atoms with Gasteiger partial charge in [0.05, 0.1) is 17.5 Å². The van der Waals surface area contributed by atoms with Crippen molar-refractivity contribution in [1.29, 1.82) is 0 Å². The number of aliphatic hydroxyl groups excluding tert-OH is 1. The van der Waals surface area contributed by atoms with E-state index in [2.05, 4.69) is 54.5 Å². The first-order chi connectivity index (χ1) is 15.6. The van der Waals surface area contributed by atoms with Crippen LogP contribution < -0.4 is 5.32 Å². The molecule has 3 aromatic rings. The predicted octanol–water partition coefficient (Wildman–Crippen LogP) is 4.53. The first kappa shape index (κ1) is 22.7. The molecule has 4 rings (SSSR count). The molecule has 5 heteroatoms. The molecule has 170 valence electrons. The van der Waals surface area contributed by atoms with E-state index >= 15 is 0 Å². The number of nitrogens with zero attached hydrogens (tertiary/aromatic N) is 3. The molecule has 1 fully saturated rings. The molecule has 2 N–H and O–H groups in total. The molecule has 1 aliphatic heterocycles. The van der Waals surface area contributed by atoms with Gasteiger partial charge in [-0.25, -0.2) is 4.68 Å². The van der Waals surface area contributed by atoms with Crippen LogP contribution in [0.15, 0.2) is 66.9 Å². The summed E-state index contributed by atoms with van der Waals surface area (Å²) in [4.78, 5) is 2.40. The maximum Gasteiger partial charge on any atom is 0.0916 e. The van der Waals surface area contributed by atoms with Gasteiger partial charge in [-0.2, -0.15) is 5.10 Å². The second kappa shape index (κ2) is 10.9. The molecule has 1 atom stereocenters. The zero-order valence-electron chi connectivity index (χ0n) is 19.3. The number of aliphatic hydroxyl groups is 1. The summed E-state index contributed by atoms with van der Waals surface area (Å²) in [6.45, 7) is 9.14. The first-order valence-electron chi connectivity index (χ1n) is 11.9. The van der Waals surface area contributed by atoms with Gasteiger partial charge in [-0.1, -0.05) is 62.4 Å². The van der Waals surface area contributed by atoms with Gasteiger partial charge in [0.1, 0.15) is 0 Å². The fourth-order valence-corrected chi connectivity index (χ4v) is 4.57. The first-order valence-corrected chi connectivity index (χ1v) is 11.9. The van der Waals surface area contributed by atoms with Crippen molar-refractivity contribution in [2.24, 2.45) is 5.92 Å². The van der Waals surface area contributed by atoms with E-state index < -0.39 is 6.10 Å². The van der Waals surface area contributed by atoms with Crippen LogP contribution in [0.5, 0.6) is 0 Å². The molecule has 0 saturated carbocycles. The molecule has 1 aromatic heterocycles. The summed E-state index contributed by atoms with van der Waals surface area (Å²) in [5, 5.41) is 19.0. The molecule has 0 spiro atoms. The van der Waals surface area contributed by atoms with Crippen LogP contribution in [0.2, 0.25) is 0 Å². The van der Waals surface area contributed by atoms with Crippen molar-refractivity contribution in [1.82, 2.24) is 20.0 Å². The molecular formula is C27H36N4O. The summed E-state index contributed by atoms with van der Waals surface area (Å²) in [6.07, 6.45) is 4.12. The van der Waals surface area contributed by atoms with Crippen LogP contribution in [0.3, 0.4) is 0 Å². The highest BCUT2D eigenvalue weighted by Crippen LogP contribution is 2.22. The van der Waals surface area contributed by atoms with Crippen molar-refractivity contribution in [3.05, 3.63) is 83.7 Å². The predicted molar refractivity (Wildman–Crippen MR) is 130 cm³/mol. The summed E-state index contributed by atoms with van der Waals surface area (Å²) in [5.41, 5.74) is 4.57. The third-order valence-electron chi connectivity index (χ3n) is 6.46. The van der Waals surface area contributed by atoms with Crippen molar-refractivity contribution in [3.8, 4) is 5.69 Å². The van der Waals surface area contributed by atoms with Crippen molar-refractivity contribution >= 4 is 0 Å². The monoisotopic (exact) mass is 432 g/mol. The van der Waals surface area contributed by atoms with Gasteiger partial charge in [0, 0.05) is 24.8 Å². The van der Waals surface area contributed by atoms with Crippen LogP contribution in [0.1, 0.15) is 55.5 Å². The van der Waals surface area contributed by atoms with E-state index in [9.17, 15) is 5.11 Å². The fraction of sp³-hybridized carbons (Fsp3) is 0.444. The molecule has 0 amide bonds. The minimum absolute atomic E-state index is 0.399.